The molecule has 1 aliphatic rings. The summed E-state index contributed by atoms with van der Waals surface area (Å²) in [6.07, 6.45) is 3.22. The van der Waals surface area contributed by atoms with Crippen molar-refractivity contribution in [3.8, 4) is 0 Å². The fourth-order valence-electron chi connectivity index (χ4n) is 3.91. The van der Waals surface area contributed by atoms with Crippen LogP contribution in [0.5, 0.6) is 0 Å². The van der Waals surface area contributed by atoms with Crippen LogP contribution in [0.25, 0.3) is 0 Å². The summed E-state index contributed by atoms with van der Waals surface area (Å²) in [5.74, 6) is -0.0154. The van der Waals surface area contributed by atoms with Gasteiger partial charge in [0.15, 0.2) is 0 Å². The highest BCUT2D eigenvalue weighted by atomic mass is 16.3. The van der Waals surface area contributed by atoms with E-state index in [4.69, 9.17) is 0 Å². The lowest BCUT2D eigenvalue weighted by atomic mass is 9.88. The zero-order valence-corrected chi connectivity index (χ0v) is 17.9. The molecule has 2 aromatic carbocycles. The third-order valence-corrected chi connectivity index (χ3v) is 5.98. The highest BCUT2D eigenvalue weighted by Gasteiger charge is 2.41. The number of β-amino-alcohol motifs (C(OH)–C–C–N with tert-alkyl or cyclic N) is 1. The number of carbonyl (C=O) groups excluding carboxylic acids is 1. The van der Waals surface area contributed by atoms with Gasteiger partial charge in [-0.3, -0.25) is 4.79 Å². The molecule has 0 bridgehead atoms. The molecule has 0 aromatic heterocycles. The van der Waals surface area contributed by atoms with Crippen LogP contribution >= 0.6 is 0 Å². The summed E-state index contributed by atoms with van der Waals surface area (Å²) in [6.45, 7) is 3.75. The summed E-state index contributed by atoms with van der Waals surface area (Å²) in [4.78, 5) is 14.2. The minimum Gasteiger partial charge on any atom is -0.388 e. The van der Waals surface area contributed by atoms with Gasteiger partial charge in [-0.1, -0.05) is 67.9 Å². The lowest BCUT2D eigenvalue weighted by Crippen LogP contribution is -2.60. The first-order valence-corrected chi connectivity index (χ1v) is 11.0. The maximum atomic E-state index is 12.5. The molecule has 2 aromatic rings. The summed E-state index contributed by atoms with van der Waals surface area (Å²) in [7, 11) is 0. The number of nitrogens with one attached hydrogen (secondary N) is 1. The van der Waals surface area contributed by atoms with Crippen molar-refractivity contribution in [2.24, 2.45) is 0 Å². The first kappa shape index (κ1) is 22.5. The van der Waals surface area contributed by atoms with E-state index in [2.05, 4.69) is 36.5 Å². The van der Waals surface area contributed by atoms with Gasteiger partial charge in [-0.05, 0) is 36.0 Å². The number of hydrogen-bond donors (Lipinski definition) is 3. The fraction of sp³-hybridized carbons (Fsp3) is 0.480. The van der Waals surface area contributed by atoms with E-state index in [1.54, 1.807) is 4.90 Å². The third kappa shape index (κ3) is 6.14. The van der Waals surface area contributed by atoms with Crippen LogP contribution in [0.4, 0.5) is 0 Å². The van der Waals surface area contributed by atoms with Gasteiger partial charge in [-0.2, -0.15) is 0 Å². The Morgan fingerprint density at radius 2 is 1.80 bits per heavy atom. The molecule has 30 heavy (non-hydrogen) atoms. The number of rotatable bonds is 9. The highest BCUT2D eigenvalue weighted by molar-refractivity contribution is 5.79. The minimum atomic E-state index is -1.22. The number of hydrogen-bond acceptors (Lipinski definition) is 4. The third-order valence-electron chi connectivity index (χ3n) is 5.98. The quantitative estimate of drug-likeness (QED) is 0.594. The van der Waals surface area contributed by atoms with E-state index in [1.807, 2.05) is 30.3 Å². The summed E-state index contributed by atoms with van der Waals surface area (Å²) in [5.41, 5.74) is 2.25. The highest BCUT2D eigenvalue weighted by Crippen LogP contribution is 2.23. The maximum Gasteiger partial charge on any atom is 0.227 e. The van der Waals surface area contributed by atoms with Crippen molar-refractivity contribution >= 4 is 5.91 Å². The molecule has 2 atom stereocenters. The van der Waals surface area contributed by atoms with Crippen LogP contribution in [0.1, 0.15) is 42.9 Å². The lowest BCUT2D eigenvalue weighted by molar-refractivity contribution is -0.148. The van der Waals surface area contributed by atoms with Gasteiger partial charge in [0, 0.05) is 26.2 Å². The van der Waals surface area contributed by atoms with Crippen molar-refractivity contribution in [1.29, 1.82) is 0 Å². The van der Waals surface area contributed by atoms with Crippen LogP contribution in [0.15, 0.2) is 54.6 Å². The number of carbonyl (C=O) groups is 1. The van der Waals surface area contributed by atoms with E-state index in [1.165, 1.54) is 18.4 Å². The van der Waals surface area contributed by atoms with E-state index < -0.39 is 11.7 Å². The van der Waals surface area contributed by atoms with Crippen molar-refractivity contribution in [2.75, 3.05) is 19.6 Å². The SMILES string of the molecule is CCCCc1ccc(CNC[C@@]2(O)CCN(C(=O)Cc3ccccc3)C[C@@H]2O)cc1. The predicted molar refractivity (Wildman–Crippen MR) is 119 cm³/mol. The van der Waals surface area contributed by atoms with Crippen LogP contribution in [0.2, 0.25) is 0 Å². The Labute approximate surface area is 179 Å². The molecule has 0 radical (unpaired) electrons. The zero-order valence-electron chi connectivity index (χ0n) is 17.9. The second-order valence-electron chi connectivity index (χ2n) is 8.40. The molecule has 3 N–H and O–H groups in total. The van der Waals surface area contributed by atoms with E-state index >= 15 is 0 Å². The fourth-order valence-corrected chi connectivity index (χ4v) is 3.91. The molecule has 5 heteroatoms. The predicted octanol–water partition coefficient (Wildman–Crippen LogP) is 2.69. The Kier molecular flexibility index (Phi) is 8.02. The van der Waals surface area contributed by atoms with Gasteiger partial charge in [-0.15, -0.1) is 0 Å². The van der Waals surface area contributed by atoms with Gasteiger partial charge in [0.1, 0.15) is 11.7 Å². The Morgan fingerprint density at radius 1 is 1.10 bits per heavy atom. The second-order valence-corrected chi connectivity index (χ2v) is 8.40. The molecule has 0 saturated carbocycles. The number of aliphatic hydroxyl groups is 2. The van der Waals surface area contributed by atoms with Crippen molar-refractivity contribution in [3.63, 3.8) is 0 Å². The molecule has 0 unspecified atom stereocenters. The standard InChI is InChI=1S/C25H34N2O3/c1-2-3-7-20-10-12-22(13-11-20)17-26-19-25(30)14-15-27(18-23(25)28)24(29)16-21-8-5-4-6-9-21/h4-6,8-13,23,26,28,30H,2-3,7,14-19H2,1H3/t23-,25-/m0/s1. The van der Waals surface area contributed by atoms with Gasteiger partial charge in [-0.25, -0.2) is 0 Å². The Balaban J connectivity index is 1.45. The average Bonchev–Trinajstić information content (AvgIpc) is 2.76. The first-order valence-electron chi connectivity index (χ1n) is 11.0. The Hall–Kier alpha value is -2.21. The van der Waals surface area contributed by atoms with E-state index in [0.29, 0.717) is 32.5 Å². The molecule has 1 aliphatic heterocycles. The number of nitrogens with zero attached hydrogens (tertiary/aromatic N) is 1. The summed E-state index contributed by atoms with van der Waals surface area (Å²) >= 11 is 0. The number of amides is 1. The first-order chi connectivity index (χ1) is 14.5. The summed E-state index contributed by atoms with van der Waals surface area (Å²) in [5, 5.41) is 24.7. The molecule has 5 nitrogen and oxygen atoms in total. The van der Waals surface area contributed by atoms with Crippen LogP contribution in [0, 0.1) is 0 Å². The summed E-state index contributed by atoms with van der Waals surface area (Å²) < 4.78 is 0. The monoisotopic (exact) mass is 410 g/mol. The van der Waals surface area contributed by atoms with Crippen LogP contribution in [-0.2, 0) is 24.2 Å². The molecule has 1 heterocycles. The largest absolute Gasteiger partial charge is 0.388 e. The summed E-state index contributed by atoms with van der Waals surface area (Å²) in [6, 6.07) is 18.1. The molecule has 0 spiro atoms. The average molecular weight is 411 g/mol. The Morgan fingerprint density at radius 3 is 2.47 bits per heavy atom. The number of aliphatic hydroxyl groups excluding tert-OH is 1. The molecule has 1 amide bonds. The minimum absolute atomic E-state index is 0.0154. The molecule has 1 saturated heterocycles. The van der Waals surface area contributed by atoms with Gasteiger partial charge in [0.25, 0.3) is 0 Å². The molecule has 0 aliphatic carbocycles. The smallest absolute Gasteiger partial charge is 0.227 e. The van der Waals surface area contributed by atoms with E-state index in [9.17, 15) is 15.0 Å². The second kappa shape index (κ2) is 10.7. The topological polar surface area (TPSA) is 72.8 Å². The number of likely N-dealkylation sites (tertiary alicyclic amines) is 1. The van der Waals surface area contributed by atoms with Crippen LogP contribution in [-0.4, -0.2) is 52.4 Å². The lowest BCUT2D eigenvalue weighted by Gasteiger charge is -2.42. The number of unbranched alkanes of at least 4 members (excludes halogenated alkanes) is 1. The number of piperidine rings is 1. The van der Waals surface area contributed by atoms with Crippen molar-refractivity contribution in [3.05, 3.63) is 71.3 Å². The molecule has 3 rings (SSSR count). The van der Waals surface area contributed by atoms with Gasteiger partial charge in [0.05, 0.1) is 6.42 Å². The van der Waals surface area contributed by atoms with Crippen LogP contribution < -0.4 is 5.32 Å². The zero-order chi connectivity index (χ0) is 21.4. The normalized spacial score (nSPS) is 21.6. The molecular weight excluding hydrogens is 376 g/mol. The number of aryl methyl sites for hydroxylation is 1. The van der Waals surface area contributed by atoms with E-state index in [-0.39, 0.29) is 12.5 Å². The van der Waals surface area contributed by atoms with E-state index in [0.717, 1.165) is 17.5 Å². The van der Waals surface area contributed by atoms with Crippen molar-refractivity contribution in [1.82, 2.24) is 10.2 Å². The van der Waals surface area contributed by atoms with Crippen molar-refractivity contribution < 1.29 is 15.0 Å². The van der Waals surface area contributed by atoms with Crippen LogP contribution in [0.3, 0.4) is 0 Å². The van der Waals surface area contributed by atoms with Gasteiger partial charge >= 0.3 is 0 Å². The maximum absolute atomic E-state index is 12.5. The Bertz CT molecular complexity index is 794. The molecule has 1 fully saturated rings. The molecule has 162 valence electrons. The van der Waals surface area contributed by atoms with Crippen molar-refractivity contribution in [2.45, 2.75) is 57.3 Å². The molecular formula is C25H34N2O3. The van der Waals surface area contributed by atoms with Gasteiger partial charge < -0.3 is 20.4 Å². The van der Waals surface area contributed by atoms with Gasteiger partial charge in [0.2, 0.25) is 5.91 Å². The number of benzene rings is 2.